The van der Waals surface area contributed by atoms with E-state index in [1.54, 1.807) is 19.1 Å². The van der Waals surface area contributed by atoms with Crippen molar-refractivity contribution >= 4 is 27.5 Å². The molecule has 2 rings (SSSR count). The highest BCUT2D eigenvalue weighted by molar-refractivity contribution is 7.18. The topological polar surface area (TPSA) is 70.4 Å². The molecule has 0 bridgehead atoms. The number of carbonyl (C=O) groups is 1. The van der Waals surface area contributed by atoms with Crippen molar-refractivity contribution in [1.29, 1.82) is 0 Å². The molecule has 0 fully saturated rings. The molecule has 2 N–H and O–H groups in total. The molecule has 0 aliphatic rings. The van der Waals surface area contributed by atoms with E-state index in [9.17, 15) is 9.90 Å². The zero-order chi connectivity index (χ0) is 11.0. The van der Waals surface area contributed by atoms with Crippen molar-refractivity contribution in [2.45, 2.75) is 13.0 Å². The maximum Gasteiger partial charge on any atom is 0.335 e. The van der Waals surface area contributed by atoms with E-state index < -0.39 is 12.1 Å². The fraction of sp³-hybridized carbons (Fsp3) is 0.200. The van der Waals surface area contributed by atoms with E-state index in [0.29, 0.717) is 5.01 Å². The van der Waals surface area contributed by atoms with Crippen LogP contribution in [0.1, 0.15) is 28.4 Å². The number of carboxylic acids is 1. The Kier molecular flexibility index (Phi) is 2.42. The van der Waals surface area contributed by atoms with E-state index in [0.717, 1.165) is 10.2 Å². The van der Waals surface area contributed by atoms with Gasteiger partial charge < -0.3 is 10.2 Å². The summed E-state index contributed by atoms with van der Waals surface area (Å²) in [7, 11) is 0. The fourth-order valence-corrected chi connectivity index (χ4v) is 2.20. The number of aromatic nitrogens is 1. The maximum absolute atomic E-state index is 10.7. The molecule has 0 spiro atoms. The van der Waals surface area contributed by atoms with Crippen LogP contribution in [0, 0.1) is 0 Å². The molecule has 1 aromatic heterocycles. The van der Waals surface area contributed by atoms with Crippen LogP contribution in [-0.2, 0) is 0 Å². The molecular formula is C10H9NO3S. The average Bonchev–Trinajstić information content (AvgIpc) is 2.59. The van der Waals surface area contributed by atoms with Gasteiger partial charge in [0, 0.05) is 0 Å². The summed E-state index contributed by atoms with van der Waals surface area (Å²) in [6.45, 7) is 1.63. The summed E-state index contributed by atoms with van der Waals surface area (Å²) in [6.07, 6.45) is -0.615. The molecule has 1 atom stereocenters. The van der Waals surface area contributed by atoms with Crippen LogP contribution >= 0.6 is 11.3 Å². The lowest BCUT2D eigenvalue weighted by molar-refractivity contribution is 0.0697. The van der Waals surface area contributed by atoms with Crippen LogP contribution in [0.4, 0.5) is 0 Å². The smallest absolute Gasteiger partial charge is 0.335 e. The molecule has 0 aliphatic carbocycles. The van der Waals surface area contributed by atoms with Gasteiger partial charge in [0.15, 0.2) is 0 Å². The summed E-state index contributed by atoms with van der Waals surface area (Å²) in [5, 5.41) is 18.7. The number of carboxylic acid groups (broad SMARTS) is 1. The van der Waals surface area contributed by atoms with Crippen LogP contribution in [0.15, 0.2) is 18.2 Å². The molecule has 15 heavy (non-hydrogen) atoms. The lowest BCUT2D eigenvalue weighted by Gasteiger charge is -1.93. The van der Waals surface area contributed by atoms with Crippen LogP contribution < -0.4 is 0 Å². The predicted molar refractivity (Wildman–Crippen MR) is 57.2 cm³/mol. The Balaban J connectivity index is 2.57. The summed E-state index contributed by atoms with van der Waals surface area (Å²) >= 11 is 1.31. The van der Waals surface area contributed by atoms with Crippen molar-refractivity contribution in [3.8, 4) is 0 Å². The normalized spacial score (nSPS) is 12.9. The summed E-state index contributed by atoms with van der Waals surface area (Å²) in [5.74, 6) is -0.955. The zero-order valence-corrected chi connectivity index (χ0v) is 8.78. The molecule has 0 radical (unpaired) electrons. The number of fused-ring (bicyclic) bond motifs is 1. The highest BCUT2D eigenvalue weighted by Gasteiger charge is 2.10. The number of benzene rings is 1. The van der Waals surface area contributed by atoms with E-state index in [1.807, 2.05) is 0 Å². The van der Waals surface area contributed by atoms with Crippen molar-refractivity contribution in [2.24, 2.45) is 0 Å². The summed E-state index contributed by atoms with van der Waals surface area (Å²) < 4.78 is 0.783. The molecule has 4 nitrogen and oxygen atoms in total. The molecule has 5 heteroatoms. The monoisotopic (exact) mass is 223 g/mol. The molecule has 1 heterocycles. The van der Waals surface area contributed by atoms with Crippen LogP contribution in [0.3, 0.4) is 0 Å². The molecule has 2 aromatic rings. The van der Waals surface area contributed by atoms with Crippen molar-refractivity contribution in [3.05, 3.63) is 28.8 Å². The van der Waals surface area contributed by atoms with Gasteiger partial charge in [-0.1, -0.05) is 0 Å². The fourth-order valence-electron chi connectivity index (χ4n) is 1.25. The first-order valence-electron chi connectivity index (χ1n) is 4.40. The SMILES string of the molecule is C[C@H](O)c1nc2ccc(C(=O)O)cc2s1. The number of thiazole rings is 1. The van der Waals surface area contributed by atoms with Gasteiger partial charge in [-0.05, 0) is 25.1 Å². The van der Waals surface area contributed by atoms with Gasteiger partial charge in [-0.3, -0.25) is 0 Å². The Morgan fingerprint density at radius 3 is 2.87 bits per heavy atom. The van der Waals surface area contributed by atoms with Gasteiger partial charge >= 0.3 is 5.97 Å². The Morgan fingerprint density at radius 2 is 2.27 bits per heavy atom. The van der Waals surface area contributed by atoms with Gasteiger partial charge in [0.1, 0.15) is 11.1 Å². The highest BCUT2D eigenvalue weighted by atomic mass is 32.1. The van der Waals surface area contributed by atoms with Gasteiger partial charge in [-0.2, -0.15) is 0 Å². The second-order valence-electron chi connectivity index (χ2n) is 3.22. The van der Waals surface area contributed by atoms with Gasteiger partial charge in [0.25, 0.3) is 0 Å². The summed E-state index contributed by atoms with van der Waals surface area (Å²) in [4.78, 5) is 14.9. The van der Waals surface area contributed by atoms with Gasteiger partial charge in [0.2, 0.25) is 0 Å². The van der Waals surface area contributed by atoms with E-state index in [-0.39, 0.29) is 5.56 Å². The van der Waals surface area contributed by atoms with Crippen molar-refractivity contribution in [3.63, 3.8) is 0 Å². The lowest BCUT2D eigenvalue weighted by atomic mass is 10.2. The first-order valence-corrected chi connectivity index (χ1v) is 5.21. The standard InChI is InChI=1S/C10H9NO3S/c1-5(12)9-11-7-3-2-6(10(13)14)4-8(7)15-9/h2-5,12H,1H3,(H,13,14)/t5-/m0/s1. The number of aromatic carboxylic acids is 1. The molecule has 78 valence electrons. The van der Waals surface area contributed by atoms with Gasteiger partial charge in [0.05, 0.1) is 15.8 Å². The minimum Gasteiger partial charge on any atom is -0.478 e. The van der Waals surface area contributed by atoms with Crippen LogP contribution in [-0.4, -0.2) is 21.2 Å². The Bertz CT molecular complexity index is 518. The van der Waals surface area contributed by atoms with E-state index in [4.69, 9.17) is 5.11 Å². The first-order chi connectivity index (χ1) is 7.08. The molecule has 0 amide bonds. The Hall–Kier alpha value is -1.46. The average molecular weight is 223 g/mol. The van der Waals surface area contributed by atoms with Crippen molar-refractivity contribution in [1.82, 2.24) is 4.98 Å². The van der Waals surface area contributed by atoms with E-state index >= 15 is 0 Å². The van der Waals surface area contributed by atoms with Crippen LogP contribution in [0.2, 0.25) is 0 Å². The highest BCUT2D eigenvalue weighted by Crippen LogP contribution is 2.26. The molecule has 0 unspecified atom stereocenters. The second kappa shape index (κ2) is 3.60. The molecular weight excluding hydrogens is 214 g/mol. The van der Waals surface area contributed by atoms with Gasteiger partial charge in [-0.25, -0.2) is 9.78 Å². The second-order valence-corrected chi connectivity index (χ2v) is 4.28. The minimum absolute atomic E-state index is 0.239. The number of hydrogen-bond donors (Lipinski definition) is 2. The van der Waals surface area contributed by atoms with Crippen LogP contribution in [0.5, 0.6) is 0 Å². The summed E-state index contributed by atoms with van der Waals surface area (Å²) in [5.41, 5.74) is 0.962. The third-order valence-corrected chi connectivity index (χ3v) is 3.20. The third kappa shape index (κ3) is 1.84. The van der Waals surface area contributed by atoms with Crippen molar-refractivity contribution < 1.29 is 15.0 Å². The molecule has 1 aromatic carbocycles. The molecule has 0 aliphatic heterocycles. The zero-order valence-electron chi connectivity index (χ0n) is 7.97. The number of aliphatic hydroxyl groups is 1. The van der Waals surface area contributed by atoms with E-state index in [1.165, 1.54) is 17.4 Å². The molecule has 0 saturated heterocycles. The maximum atomic E-state index is 10.7. The number of nitrogens with zero attached hydrogens (tertiary/aromatic N) is 1. The Morgan fingerprint density at radius 1 is 1.53 bits per heavy atom. The first kappa shape index (κ1) is 10.1. The predicted octanol–water partition coefficient (Wildman–Crippen LogP) is 2.05. The Labute approximate surface area is 89.8 Å². The summed E-state index contributed by atoms with van der Waals surface area (Å²) in [6, 6.07) is 4.73. The largest absolute Gasteiger partial charge is 0.478 e. The van der Waals surface area contributed by atoms with Crippen LogP contribution in [0.25, 0.3) is 10.2 Å². The number of hydrogen-bond acceptors (Lipinski definition) is 4. The number of rotatable bonds is 2. The van der Waals surface area contributed by atoms with E-state index in [2.05, 4.69) is 4.98 Å². The molecule has 0 saturated carbocycles. The third-order valence-electron chi connectivity index (χ3n) is 2.01. The number of aliphatic hydroxyl groups excluding tert-OH is 1. The van der Waals surface area contributed by atoms with Crippen molar-refractivity contribution in [2.75, 3.05) is 0 Å². The van der Waals surface area contributed by atoms with Gasteiger partial charge in [-0.15, -0.1) is 11.3 Å². The minimum atomic E-state index is -0.955. The lowest BCUT2D eigenvalue weighted by Crippen LogP contribution is -1.94. The quantitative estimate of drug-likeness (QED) is 0.817.